The number of nitrogens with zero attached hydrogens (tertiary/aromatic N) is 4. The maximum atomic E-state index is 12.6. The molecule has 7 nitrogen and oxygen atoms in total. The fraction of sp³-hybridized carbons (Fsp3) is 0.500. The molecule has 0 aliphatic carbocycles. The van der Waals surface area contributed by atoms with Gasteiger partial charge in [-0.15, -0.1) is 0 Å². The van der Waals surface area contributed by atoms with Crippen LogP contribution in [0.2, 0.25) is 0 Å². The molecule has 0 aromatic carbocycles. The summed E-state index contributed by atoms with van der Waals surface area (Å²) >= 11 is 0. The molecule has 0 unspecified atom stereocenters. The Morgan fingerprint density at radius 3 is 2.52 bits per heavy atom. The summed E-state index contributed by atoms with van der Waals surface area (Å²) in [6.07, 6.45) is 10.5. The summed E-state index contributed by atoms with van der Waals surface area (Å²) in [4.78, 5) is 27.7. The molecule has 2 N–H and O–H groups in total. The van der Waals surface area contributed by atoms with E-state index in [0.717, 1.165) is 18.7 Å². The summed E-state index contributed by atoms with van der Waals surface area (Å²) in [5.74, 6) is 0.375. The number of carbonyl (C=O) groups is 1. The molecule has 144 valence electrons. The molecule has 0 bridgehead atoms. The minimum Gasteiger partial charge on any atom is -0.352 e. The molecule has 1 aliphatic heterocycles. The number of amides is 1. The van der Waals surface area contributed by atoms with Gasteiger partial charge in [0.15, 0.2) is 0 Å². The zero-order valence-electron chi connectivity index (χ0n) is 16.1. The van der Waals surface area contributed by atoms with E-state index in [1.165, 1.54) is 19.3 Å². The molecular weight excluding hydrogens is 340 g/mol. The molecule has 0 spiro atoms. The van der Waals surface area contributed by atoms with Gasteiger partial charge < -0.3 is 10.6 Å². The number of hydrogen-bond donors (Lipinski definition) is 2. The van der Waals surface area contributed by atoms with Crippen molar-refractivity contribution in [1.29, 1.82) is 0 Å². The third-order valence-electron chi connectivity index (χ3n) is 4.69. The van der Waals surface area contributed by atoms with Crippen molar-refractivity contribution < 1.29 is 4.79 Å². The van der Waals surface area contributed by atoms with E-state index in [9.17, 15) is 4.79 Å². The Hall–Kier alpha value is -2.54. The molecule has 0 saturated carbocycles. The maximum Gasteiger partial charge on any atom is 0.254 e. The van der Waals surface area contributed by atoms with Gasteiger partial charge >= 0.3 is 0 Å². The fourth-order valence-electron chi connectivity index (χ4n) is 3.33. The van der Waals surface area contributed by atoms with Crippen molar-refractivity contribution in [2.75, 3.05) is 25.0 Å². The first-order chi connectivity index (χ1) is 13.1. The highest BCUT2D eigenvalue weighted by Gasteiger charge is 2.23. The van der Waals surface area contributed by atoms with Crippen LogP contribution in [0, 0.1) is 0 Å². The molecule has 3 heterocycles. The Morgan fingerprint density at radius 1 is 1.15 bits per heavy atom. The highest BCUT2D eigenvalue weighted by Crippen LogP contribution is 2.23. The van der Waals surface area contributed by atoms with Crippen LogP contribution in [0.1, 0.15) is 55.1 Å². The Morgan fingerprint density at radius 2 is 1.89 bits per heavy atom. The standard InChI is InChI=1S/C20H28N6O/c1-15(2)25-20-23-12-17(13-24-20)19(27)22-14-18(16-7-6-8-21-11-16)26-9-4-3-5-10-26/h6-8,11-13,15,18H,3-5,9-10,14H2,1-2H3,(H,22,27)(H,23,24,25)/t18-/m0/s1. The zero-order chi connectivity index (χ0) is 19.1. The maximum absolute atomic E-state index is 12.6. The number of piperidine rings is 1. The van der Waals surface area contributed by atoms with Crippen molar-refractivity contribution in [3.63, 3.8) is 0 Å². The first-order valence-corrected chi connectivity index (χ1v) is 9.64. The highest BCUT2D eigenvalue weighted by molar-refractivity contribution is 5.93. The van der Waals surface area contributed by atoms with Crippen LogP contribution in [0.5, 0.6) is 0 Å². The van der Waals surface area contributed by atoms with Gasteiger partial charge in [0, 0.05) is 37.4 Å². The third-order valence-corrected chi connectivity index (χ3v) is 4.69. The highest BCUT2D eigenvalue weighted by atomic mass is 16.1. The predicted molar refractivity (Wildman–Crippen MR) is 106 cm³/mol. The number of carbonyl (C=O) groups excluding carboxylic acids is 1. The van der Waals surface area contributed by atoms with Crippen LogP contribution in [0.15, 0.2) is 36.9 Å². The van der Waals surface area contributed by atoms with Gasteiger partial charge in [-0.05, 0) is 51.4 Å². The van der Waals surface area contributed by atoms with Gasteiger partial charge in [0.25, 0.3) is 5.91 Å². The molecule has 1 amide bonds. The van der Waals surface area contributed by atoms with Crippen LogP contribution in [0.4, 0.5) is 5.95 Å². The molecule has 3 rings (SSSR count). The van der Waals surface area contributed by atoms with Crippen LogP contribution in [0.25, 0.3) is 0 Å². The average molecular weight is 368 g/mol. The fourth-order valence-corrected chi connectivity index (χ4v) is 3.33. The lowest BCUT2D eigenvalue weighted by Gasteiger charge is -2.34. The molecule has 0 radical (unpaired) electrons. The smallest absolute Gasteiger partial charge is 0.254 e. The molecule has 7 heteroatoms. The van der Waals surface area contributed by atoms with E-state index in [2.05, 4.69) is 36.6 Å². The van der Waals surface area contributed by atoms with Crippen LogP contribution in [-0.2, 0) is 0 Å². The topological polar surface area (TPSA) is 83.0 Å². The zero-order valence-corrected chi connectivity index (χ0v) is 16.1. The Bertz CT molecular complexity index is 713. The Kier molecular flexibility index (Phi) is 6.70. The van der Waals surface area contributed by atoms with Crippen molar-refractivity contribution in [1.82, 2.24) is 25.2 Å². The summed E-state index contributed by atoms with van der Waals surface area (Å²) in [5.41, 5.74) is 1.60. The van der Waals surface area contributed by atoms with Crippen molar-refractivity contribution >= 4 is 11.9 Å². The lowest BCUT2D eigenvalue weighted by Crippen LogP contribution is -2.40. The number of rotatable bonds is 7. The molecule has 2 aromatic rings. The number of anilines is 1. The van der Waals surface area contributed by atoms with Gasteiger partial charge in [-0.25, -0.2) is 9.97 Å². The number of hydrogen-bond acceptors (Lipinski definition) is 6. The second-order valence-electron chi connectivity index (χ2n) is 7.20. The van der Waals surface area contributed by atoms with Gasteiger partial charge in [-0.3, -0.25) is 14.7 Å². The summed E-state index contributed by atoms with van der Waals surface area (Å²) in [7, 11) is 0. The minimum absolute atomic E-state index is 0.130. The summed E-state index contributed by atoms with van der Waals surface area (Å²) in [6.45, 7) is 6.67. The first-order valence-electron chi connectivity index (χ1n) is 9.64. The Labute approximate surface area is 160 Å². The second kappa shape index (κ2) is 9.41. The van der Waals surface area contributed by atoms with E-state index in [1.54, 1.807) is 18.6 Å². The molecule has 1 atom stereocenters. The Balaban J connectivity index is 1.64. The van der Waals surface area contributed by atoms with E-state index in [1.807, 2.05) is 26.1 Å². The van der Waals surface area contributed by atoms with Gasteiger partial charge in [-0.2, -0.15) is 0 Å². The van der Waals surface area contributed by atoms with E-state index in [0.29, 0.717) is 18.1 Å². The van der Waals surface area contributed by atoms with Gasteiger partial charge in [0.2, 0.25) is 5.95 Å². The van der Waals surface area contributed by atoms with Crippen molar-refractivity contribution in [2.45, 2.75) is 45.2 Å². The van der Waals surface area contributed by atoms with Crippen LogP contribution < -0.4 is 10.6 Å². The lowest BCUT2D eigenvalue weighted by molar-refractivity contribution is 0.0923. The first kappa shape index (κ1) is 19.2. The predicted octanol–water partition coefficient (Wildman–Crippen LogP) is 2.65. The van der Waals surface area contributed by atoms with E-state index < -0.39 is 0 Å². The number of aromatic nitrogens is 3. The third kappa shape index (κ3) is 5.47. The van der Waals surface area contributed by atoms with E-state index in [4.69, 9.17) is 0 Å². The van der Waals surface area contributed by atoms with Crippen LogP contribution >= 0.6 is 0 Å². The summed E-state index contributed by atoms with van der Waals surface area (Å²) < 4.78 is 0. The van der Waals surface area contributed by atoms with Crippen molar-refractivity contribution in [2.24, 2.45) is 0 Å². The number of pyridine rings is 1. The SMILES string of the molecule is CC(C)Nc1ncc(C(=O)NC[C@@H](c2cccnc2)N2CCCCC2)cn1. The molecule has 1 saturated heterocycles. The van der Waals surface area contributed by atoms with Crippen molar-refractivity contribution in [3.05, 3.63) is 48.0 Å². The van der Waals surface area contributed by atoms with Gasteiger partial charge in [-0.1, -0.05) is 12.5 Å². The normalized spacial score (nSPS) is 16.1. The molecule has 1 fully saturated rings. The van der Waals surface area contributed by atoms with Gasteiger partial charge in [0.1, 0.15) is 0 Å². The van der Waals surface area contributed by atoms with Crippen LogP contribution in [-0.4, -0.2) is 51.4 Å². The summed E-state index contributed by atoms with van der Waals surface area (Å²) in [5, 5.41) is 6.16. The van der Waals surface area contributed by atoms with E-state index in [-0.39, 0.29) is 18.0 Å². The van der Waals surface area contributed by atoms with Crippen LogP contribution in [0.3, 0.4) is 0 Å². The van der Waals surface area contributed by atoms with E-state index >= 15 is 0 Å². The number of likely N-dealkylation sites (tertiary alicyclic amines) is 1. The molecule has 2 aromatic heterocycles. The quantitative estimate of drug-likeness (QED) is 0.782. The largest absolute Gasteiger partial charge is 0.352 e. The second-order valence-corrected chi connectivity index (χ2v) is 7.20. The van der Waals surface area contributed by atoms with Crippen molar-refractivity contribution in [3.8, 4) is 0 Å². The lowest BCUT2D eigenvalue weighted by atomic mass is 10.0. The molecule has 27 heavy (non-hydrogen) atoms. The molecule has 1 aliphatic rings. The average Bonchev–Trinajstić information content (AvgIpc) is 2.70. The monoisotopic (exact) mass is 368 g/mol. The summed E-state index contributed by atoms with van der Waals surface area (Å²) in [6, 6.07) is 4.40. The van der Waals surface area contributed by atoms with Gasteiger partial charge in [0.05, 0.1) is 11.6 Å². The minimum atomic E-state index is -0.156. The number of nitrogens with one attached hydrogen (secondary N) is 2. The molecular formula is C20H28N6O.